The highest BCUT2D eigenvalue weighted by atomic mass is 16.5. The van der Waals surface area contributed by atoms with Crippen molar-refractivity contribution in [3.05, 3.63) is 53.5 Å². The van der Waals surface area contributed by atoms with Crippen LogP contribution in [0.4, 0.5) is 0 Å². The molecule has 1 heterocycles. The van der Waals surface area contributed by atoms with E-state index < -0.39 is 0 Å². The van der Waals surface area contributed by atoms with Gasteiger partial charge in [0.05, 0.1) is 6.54 Å². The van der Waals surface area contributed by atoms with Crippen LogP contribution in [0.1, 0.15) is 43.8 Å². The van der Waals surface area contributed by atoms with Gasteiger partial charge in [0.1, 0.15) is 23.9 Å². The van der Waals surface area contributed by atoms with Crippen molar-refractivity contribution in [1.82, 2.24) is 5.32 Å². The molecule has 0 bridgehead atoms. The fourth-order valence-corrected chi connectivity index (χ4v) is 1.95. The summed E-state index contributed by atoms with van der Waals surface area (Å²) in [6.45, 7) is 8.62. The molecule has 108 valence electrons. The molecule has 0 aliphatic heterocycles. The predicted octanol–water partition coefficient (Wildman–Crippen LogP) is 4.09. The molecule has 1 N–H and O–H groups in total. The van der Waals surface area contributed by atoms with E-state index in [1.807, 2.05) is 24.3 Å². The Kier molecular flexibility index (Phi) is 5.24. The molecule has 0 aliphatic rings. The van der Waals surface area contributed by atoms with Gasteiger partial charge in [0.15, 0.2) is 0 Å². The second-order valence-corrected chi connectivity index (χ2v) is 5.16. The maximum atomic E-state index is 5.73. The molecule has 0 fully saturated rings. The third-order valence-corrected chi connectivity index (χ3v) is 3.19. The quantitative estimate of drug-likeness (QED) is 0.825. The lowest BCUT2D eigenvalue weighted by Gasteiger charge is -2.08. The molecular weight excluding hydrogens is 250 g/mol. The van der Waals surface area contributed by atoms with Crippen LogP contribution in [-0.4, -0.2) is 6.54 Å². The zero-order chi connectivity index (χ0) is 14.4. The van der Waals surface area contributed by atoms with Crippen LogP contribution in [0, 0.1) is 0 Å². The van der Waals surface area contributed by atoms with Gasteiger partial charge in [-0.1, -0.05) is 32.9 Å². The van der Waals surface area contributed by atoms with Crippen LogP contribution in [0.15, 0.2) is 40.8 Å². The van der Waals surface area contributed by atoms with Gasteiger partial charge < -0.3 is 14.5 Å². The van der Waals surface area contributed by atoms with Crippen molar-refractivity contribution < 1.29 is 9.15 Å². The van der Waals surface area contributed by atoms with E-state index in [0.29, 0.717) is 12.5 Å². The lowest BCUT2D eigenvalue weighted by atomic mass is 10.0. The summed E-state index contributed by atoms with van der Waals surface area (Å²) in [5.74, 6) is 3.22. The van der Waals surface area contributed by atoms with E-state index in [-0.39, 0.29) is 0 Å². The molecule has 2 rings (SSSR count). The van der Waals surface area contributed by atoms with E-state index in [4.69, 9.17) is 9.15 Å². The largest absolute Gasteiger partial charge is 0.486 e. The molecule has 0 aliphatic carbocycles. The molecule has 20 heavy (non-hydrogen) atoms. The minimum absolute atomic E-state index is 0.465. The first-order valence-electron chi connectivity index (χ1n) is 7.20. The van der Waals surface area contributed by atoms with E-state index in [2.05, 4.69) is 38.2 Å². The molecule has 3 heteroatoms. The number of ether oxygens (including phenoxy) is 1. The standard InChI is InChI=1S/C17H23NO2/c1-4-18-11-16-9-10-17(20-16)12-19-15-7-5-14(6-8-15)13(2)3/h5-10,13,18H,4,11-12H2,1-3H3. The summed E-state index contributed by atoms with van der Waals surface area (Å²) in [4.78, 5) is 0. The Morgan fingerprint density at radius 2 is 1.75 bits per heavy atom. The van der Waals surface area contributed by atoms with Crippen molar-refractivity contribution >= 4 is 0 Å². The molecule has 1 aromatic carbocycles. The van der Waals surface area contributed by atoms with Crippen LogP contribution >= 0.6 is 0 Å². The molecule has 0 radical (unpaired) electrons. The normalized spacial score (nSPS) is 11.0. The Hall–Kier alpha value is -1.74. The lowest BCUT2D eigenvalue weighted by Crippen LogP contribution is -2.10. The summed E-state index contributed by atoms with van der Waals surface area (Å²) >= 11 is 0. The second-order valence-electron chi connectivity index (χ2n) is 5.16. The summed E-state index contributed by atoms with van der Waals surface area (Å²) in [5.41, 5.74) is 1.32. The number of rotatable bonds is 7. The van der Waals surface area contributed by atoms with Gasteiger partial charge in [0.25, 0.3) is 0 Å². The lowest BCUT2D eigenvalue weighted by molar-refractivity contribution is 0.265. The average molecular weight is 273 g/mol. The van der Waals surface area contributed by atoms with Crippen LogP contribution < -0.4 is 10.1 Å². The van der Waals surface area contributed by atoms with Crippen LogP contribution in [0.5, 0.6) is 5.75 Å². The summed E-state index contributed by atoms with van der Waals surface area (Å²) in [5, 5.41) is 3.23. The van der Waals surface area contributed by atoms with Gasteiger partial charge >= 0.3 is 0 Å². The zero-order valence-corrected chi connectivity index (χ0v) is 12.5. The SMILES string of the molecule is CCNCc1ccc(COc2ccc(C(C)C)cc2)o1. The number of benzene rings is 1. The van der Waals surface area contributed by atoms with Crippen LogP contribution in [-0.2, 0) is 13.2 Å². The summed E-state index contributed by atoms with van der Waals surface area (Å²) < 4.78 is 11.4. The Morgan fingerprint density at radius 3 is 2.40 bits per heavy atom. The van der Waals surface area contributed by atoms with Crippen molar-refractivity contribution in [2.24, 2.45) is 0 Å². The van der Waals surface area contributed by atoms with Gasteiger partial charge in [-0.05, 0) is 42.3 Å². The second kappa shape index (κ2) is 7.15. The van der Waals surface area contributed by atoms with Crippen molar-refractivity contribution in [2.45, 2.75) is 39.8 Å². The number of hydrogen-bond donors (Lipinski definition) is 1. The van der Waals surface area contributed by atoms with E-state index >= 15 is 0 Å². The van der Waals surface area contributed by atoms with Crippen LogP contribution in [0.3, 0.4) is 0 Å². The third-order valence-electron chi connectivity index (χ3n) is 3.19. The van der Waals surface area contributed by atoms with Gasteiger partial charge in [-0.3, -0.25) is 0 Å². The Bertz CT molecular complexity index is 514. The first-order chi connectivity index (χ1) is 9.69. The number of furan rings is 1. The maximum Gasteiger partial charge on any atom is 0.146 e. The third kappa shape index (κ3) is 4.14. The molecule has 2 aromatic rings. The zero-order valence-electron chi connectivity index (χ0n) is 12.5. The topological polar surface area (TPSA) is 34.4 Å². The van der Waals surface area contributed by atoms with Gasteiger partial charge in [-0.25, -0.2) is 0 Å². The van der Waals surface area contributed by atoms with E-state index in [1.54, 1.807) is 0 Å². The Balaban J connectivity index is 1.86. The summed E-state index contributed by atoms with van der Waals surface area (Å²) in [6.07, 6.45) is 0. The van der Waals surface area contributed by atoms with Crippen molar-refractivity contribution in [3.8, 4) is 5.75 Å². The van der Waals surface area contributed by atoms with Gasteiger partial charge in [0.2, 0.25) is 0 Å². The number of hydrogen-bond acceptors (Lipinski definition) is 3. The smallest absolute Gasteiger partial charge is 0.146 e. The summed E-state index contributed by atoms with van der Waals surface area (Å²) in [7, 11) is 0. The Morgan fingerprint density at radius 1 is 1.05 bits per heavy atom. The monoisotopic (exact) mass is 273 g/mol. The van der Waals surface area contributed by atoms with Crippen LogP contribution in [0.2, 0.25) is 0 Å². The molecule has 0 spiro atoms. The molecule has 3 nitrogen and oxygen atoms in total. The molecule has 0 atom stereocenters. The van der Waals surface area contributed by atoms with Crippen molar-refractivity contribution in [3.63, 3.8) is 0 Å². The van der Waals surface area contributed by atoms with Crippen LogP contribution in [0.25, 0.3) is 0 Å². The van der Waals surface area contributed by atoms with Gasteiger partial charge in [0, 0.05) is 0 Å². The van der Waals surface area contributed by atoms with Crippen molar-refractivity contribution in [2.75, 3.05) is 6.54 Å². The maximum absolute atomic E-state index is 5.73. The molecule has 0 unspecified atom stereocenters. The molecule has 0 saturated carbocycles. The molecule has 1 aromatic heterocycles. The van der Waals surface area contributed by atoms with E-state index in [0.717, 1.165) is 30.4 Å². The average Bonchev–Trinajstić information content (AvgIpc) is 2.91. The minimum Gasteiger partial charge on any atom is -0.486 e. The summed E-state index contributed by atoms with van der Waals surface area (Å²) in [6, 6.07) is 12.2. The van der Waals surface area contributed by atoms with E-state index in [9.17, 15) is 0 Å². The Labute approximate surface area is 121 Å². The highest BCUT2D eigenvalue weighted by molar-refractivity contribution is 5.29. The molecule has 0 amide bonds. The molecule has 0 saturated heterocycles. The molecular formula is C17H23NO2. The van der Waals surface area contributed by atoms with Gasteiger partial charge in [-0.15, -0.1) is 0 Å². The highest BCUT2D eigenvalue weighted by Gasteiger charge is 2.03. The number of nitrogens with one attached hydrogen (secondary N) is 1. The first-order valence-corrected chi connectivity index (χ1v) is 7.20. The van der Waals surface area contributed by atoms with E-state index in [1.165, 1.54) is 5.56 Å². The highest BCUT2D eigenvalue weighted by Crippen LogP contribution is 2.19. The first kappa shape index (κ1) is 14.7. The fraction of sp³-hybridized carbons (Fsp3) is 0.412. The van der Waals surface area contributed by atoms with Crippen molar-refractivity contribution in [1.29, 1.82) is 0 Å². The fourth-order valence-electron chi connectivity index (χ4n) is 1.95. The predicted molar refractivity (Wildman–Crippen MR) is 81.0 cm³/mol. The van der Waals surface area contributed by atoms with Gasteiger partial charge in [-0.2, -0.15) is 0 Å². The minimum atomic E-state index is 0.465.